The number of hydrogen-bond acceptors (Lipinski definition) is 1. The first-order chi connectivity index (χ1) is 8.20. The Bertz CT molecular complexity index is 436. The van der Waals surface area contributed by atoms with Gasteiger partial charge in [0.2, 0.25) is 0 Å². The fourth-order valence-electron chi connectivity index (χ4n) is 2.00. The van der Waals surface area contributed by atoms with E-state index in [4.69, 9.17) is 11.6 Å². The van der Waals surface area contributed by atoms with Crippen LogP contribution in [0.25, 0.3) is 0 Å². The Morgan fingerprint density at radius 1 is 1.35 bits per heavy atom. The van der Waals surface area contributed by atoms with Crippen molar-refractivity contribution in [3.63, 3.8) is 0 Å². The zero-order chi connectivity index (χ0) is 12.3. The molecule has 0 unspecified atom stereocenters. The second-order valence-electron chi connectivity index (χ2n) is 4.40. The van der Waals surface area contributed by atoms with Crippen LogP contribution in [-0.2, 0) is 5.88 Å². The molecule has 3 heteroatoms. The highest BCUT2D eigenvalue weighted by Gasteiger charge is 2.17. The van der Waals surface area contributed by atoms with E-state index in [0.29, 0.717) is 5.88 Å². The molecule has 17 heavy (non-hydrogen) atoms. The molecule has 90 valence electrons. The van der Waals surface area contributed by atoms with E-state index in [1.54, 1.807) is 0 Å². The van der Waals surface area contributed by atoms with Crippen molar-refractivity contribution in [2.24, 2.45) is 0 Å². The lowest BCUT2D eigenvalue weighted by Crippen LogP contribution is -2.35. The number of amides is 1. The van der Waals surface area contributed by atoms with Crippen LogP contribution in [0.2, 0.25) is 0 Å². The van der Waals surface area contributed by atoms with Gasteiger partial charge in [0.05, 0.1) is 0 Å². The predicted octanol–water partition coefficient (Wildman–Crippen LogP) is 3.22. The van der Waals surface area contributed by atoms with E-state index in [2.05, 4.69) is 13.0 Å². The van der Waals surface area contributed by atoms with Crippen LogP contribution in [0.3, 0.4) is 0 Å². The third-order valence-electron chi connectivity index (χ3n) is 2.97. The Hall–Kier alpha value is -1.28. The molecule has 0 aromatic heterocycles. The monoisotopic (exact) mass is 249 g/mol. The van der Waals surface area contributed by atoms with E-state index in [0.717, 1.165) is 30.6 Å². The Balaban J connectivity index is 2.11. The van der Waals surface area contributed by atoms with Crippen molar-refractivity contribution in [1.29, 1.82) is 0 Å². The van der Waals surface area contributed by atoms with Crippen molar-refractivity contribution in [2.75, 3.05) is 13.1 Å². The summed E-state index contributed by atoms with van der Waals surface area (Å²) < 4.78 is 0. The summed E-state index contributed by atoms with van der Waals surface area (Å²) in [6.45, 7) is 3.62. The molecule has 0 N–H and O–H groups in total. The van der Waals surface area contributed by atoms with Gasteiger partial charge in [-0.25, -0.2) is 0 Å². The first kappa shape index (κ1) is 12.2. The van der Waals surface area contributed by atoms with Crippen molar-refractivity contribution >= 4 is 17.5 Å². The number of carbonyl (C=O) groups is 1. The molecule has 0 fully saturated rings. The Morgan fingerprint density at radius 3 is 2.65 bits per heavy atom. The molecule has 0 radical (unpaired) electrons. The minimum Gasteiger partial charge on any atom is -0.334 e. The highest BCUT2D eigenvalue weighted by Crippen LogP contribution is 2.14. The maximum Gasteiger partial charge on any atom is 0.254 e. The lowest BCUT2D eigenvalue weighted by Gasteiger charge is -2.26. The quantitative estimate of drug-likeness (QED) is 0.582. The molecule has 0 saturated heterocycles. The van der Waals surface area contributed by atoms with Gasteiger partial charge in [0, 0.05) is 24.5 Å². The molecular weight excluding hydrogens is 234 g/mol. The summed E-state index contributed by atoms with van der Waals surface area (Å²) >= 11 is 5.72. The zero-order valence-corrected chi connectivity index (χ0v) is 10.7. The summed E-state index contributed by atoms with van der Waals surface area (Å²) in [5.41, 5.74) is 3.05. The van der Waals surface area contributed by atoms with Gasteiger partial charge in [-0.2, -0.15) is 0 Å². The van der Waals surface area contributed by atoms with Crippen LogP contribution in [0.4, 0.5) is 0 Å². The van der Waals surface area contributed by atoms with Crippen LogP contribution in [0.1, 0.15) is 29.3 Å². The summed E-state index contributed by atoms with van der Waals surface area (Å²) in [6, 6.07) is 7.53. The first-order valence-electron chi connectivity index (χ1n) is 5.80. The van der Waals surface area contributed by atoms with Crippen LogP contribution in [0, 0.1) is 0 Å². The normalized spacial score (nSPS) is 15.6. The summed E-state index contributed by atoms with van der Waals surface area (Å²) in [6.07, 6.45) is 3.15. The number of benzene rings is 1. The summed E-state index contributed by atoms with van der Waals surface area (Å²) in [5, 5.41) is 0. The van der Waals surface area contributed by atoms with Gasteiger partial charge in [-0.1, -0.05) is 23.8 Å². The van der Waals surface area contributed by atoms with Crippen LogP contribution in [-0.4, -0.2) is 23.9 Å². The van der Waals surface area contributed by atoms with E-state index in [1.165, 1.54) is 5.57 Å². The van der Waals surface area contributed by atoms with Gasteiger partial charge in [0.15, 0.2) is 0 Å². The molecule has 1 aromatic rings. The molecular formula is C14H16ClNO. The van der Waals surface area contributed by atoms with Gasteiger partial charge in [-0.3, -0.25) is 4.79 Å². The number of rotatable bonds is 2. The largest absolute Gasteiger partial charge is 0.334 e. The number of carbonyl (C=O) groups excluding carboxylic acids is 1. The minimum atomic E-state index is 0.110. The third kappa shape index (κ3) is 2.89. The number of halogens is 1. The van der Waals surface area contributed by atoms with Crippen LogP contribution >= 0.6 is 11.6 Å². The van der Waals surface area contributed by atoms with Crippen LogP contribution in [0.5, 0.6) is 0 Å². The van der Waals surface area contributed by atoms with Crippen molar-refractivity contribution in [2.45, 2.75) is 19.2 Å². The van der Waals surface area contributed by atoms with Gasteiger partial charge < -0.3 is 4.90 Å². The fourth-order valence-corrected chi connectivity index (χ4v) is 2.18. The first-order valence-corrected chi connectivity index (χ1v) is 6.34. The molecule has 0 atom stereocenters. The smallest absolute Gasteiger partial charge is 0.254 e. The highest BCUT2D eigenvalue weighted by molar-refractivity contribution is 6.17. The molecule has 0 saturated carbocycles. The molecule has 1 amide bonds. The molecule has 0 spiro atoms. The van der Waals surface area contributed by atoms with Gasteiger partial charge in [-0.05, 0) is 31.0 Å². The molecule has 2 rings (SSSR count). The summed E-state index contributed by atoms with van der Waals surface area (Å²) in [5.74, 6) is 0.596. The van der Waals surface area contributed by atoms with E-state index in [1.807, 2.05) is 29.2 Å². The molecule has 0 bridgehead atoms. The Kier molecular flexibility index (Phi) is 3.85. The lowest BCUT2D eigenvalue weighted by atomic mass is 10.1. The maximum absolute atomic E-state index is 12.2. The minimum absolute atomic E-state index is 0.110. The van der Waals surface area contributed by atoms with Crippen molar-refractivity contribution in [3.05, 3.63) is 47.0 Å². The predicted molar refractivity (Wildman–Crippen MR) is 70.3 cm³/mol. The average molecular weight is 250 g/mol. The third-order valence-corrected chi connectivity index (χ3v) is 3.28. The molecule has 0 aliphatic carbocycles. The zero-order valence-electron chi connectivity index (χ0n) is 9.95. The van der Waals surface area contributed by atoms with E-state index in [-0.39, 0.29) is 5.91 Å². The number of alkyl halides is 1. The number of hydrogen-bond donors (Lipinski definition) is 0. The van der Waals surface area contributed by atoms with Gasteiger partial charge in [0.1, 0.15) is 0 Å². The van der Waals surface area contributed by atoms with E-state index in [9.17, 15) is 4.79 Å². The summed E-state index contributed by atoms with van der Waals surface area (Å²) in [7, 11) is 0. The lowest BCUT2D eigenvalue weighted by molar-refractivity contribution is 0.0766. The number of nitrogens with zero attached hydrogens (tertiary/aromatic N) is 1. The topological polar surface area (TPSA) is 20.3 Å². The van der Waals surface area contributed by atoms with Crippen LogP contribution < -0.4 is 0 Å². The fraction of sp³-hybridized carbons (Fsp3) is 0.357. The standard InChI is InChI=1S/C14H16ClNO/c1-11-3-2-8-16(10-11)14(17)13-6-4-12(9-15)5-7-13/h3-7H,2,8-10H2,1H3. The average Bonchev–Trinajstić information content (AvgIpc) is 2.38. The highest BCUT2D eigenvalue weighted by atomic mass is 35.5. The molecule has 1 heterocycles. The molecule has 2 nitrogen and oxygen atoms in total. The van der Waals surface area contributed by atoms with Gasteiger partial charge in [-0.15, -0.1) is 11.6 Å². The molecule has 1 aliphatic rings. The summed E-state index contributed by atoms with van der Waals surface area (Å²) in [4.78, 5) is 14.1. The molecule has 1 aliphatic heterocycles. The van der Waals surface area contributed by atoms with E-state index >= 15 is 0 Å². The SMILES string of the molecule is CC1=CCCN(C(=O)c2ccc(CCl)cc2)C1. The maximum atomic E-state index is 12.2. The van der Waals surface area contributed by atoms with Gasteiger partial charge >= 0.3 is 0 Å². The van der Waals surface area contributed by atoms with E-state index < -0.39 is 0 Å². The van der Waals surface area contributed by atoms with Crippen molar-refractivity contribution < 1.29 is 4.79 Å². The molecule has 1 aromatic carbocycles. The second kappa shape index (κ2) is 5.37. The Morgan fingerprint density at radius 2 is 2.06 bits per heavy atom. The Labute approximate surface area is 107 Å². The van der Waals surface area contributed by atoms with Crippen molar-refractivity contribution in [1.82, 2.24) is 4.90 Å². The van der Waals surface area contributed by atoms with Gasteiger partial charge in [0.25, 0.3) is 5.91 Å². The van der Waals surface area contributed by atoms with Crippen LogP contribution in [0.15, 0.2) is 35.9 Å². The second-order valence-corrected chi connectivity index (χ2v) is 4.66. The van der Waals surface area contributed by atoms with Crippen molar-refractivity contribution in [3.8, 4) is 0 Å².